The highest BCUT2D eigenvalue weighted by molar-refractivity contribution is 8.00. The minimum atomic E-state index is -0.387. The Morgan fingerprint density at radius 2 is 1.90 bits per heavy atom. The molecule has 0 spiro atoms. The summed E-state index contributed by atoms with van der Waals surface area (Å²) >= 11 is 1.41. The van der Waals surface area contributed by atoms with Crippen LogP contribution in [-0.4, -0.2) is 29.8 Å². The first-order chi connectivity index (χ1) is 9.28. The highest BCUT2D eigenvalue weighted by Crippen LogP contribution is 2.21. The van der Waals surface area contributed by atoms with Gasteiger partial charge in [0.05, 0.1) is 5.75 Å². The number of hydrogen-bond acceptors (Lipinski definition) is 4. The molecule has 0 bridgehead atoms. The Hall–Kier alpha value is -1.49. The molecule has 0 heterocycles. The van der Waals surface area contributed by atoms with Crippen molar-refractivity contribution in [2.45, 2.75) is 38.1 Å². The number of rotatable bonds is 5. The average molecular weight is 295 g/mol. The Labute approximate surface area is 124 Å². The number of ether oxygens (including phenoxy) is 1. The van der Waals surface area contributed by atoms with Crippen LogP contribution in [0.15, 0.2) is 29.2 Å². The Kier molecular flexibility index (Phi) is 6.07. The zero-order valence-electron chi connectivity index (χ0n) is 12.4. The van der Waals surface area contributed by atoms with Crippen molar-refractivity contribution in [3.63, 3.8) is 0 Å². The number of carbonyl (C=O) groups is 2. The molecule has 1 rings (SSSR count). The van der Waals surface area contributed by atoms with Crippen molar-refractivity contribution in [2.75, 3.05) is 12.4 Å². The fourth-order valence-electron chi connectivity index (χ4n) is 1.50. The molecule has 4 nitrogen and oxygen atoms in total. The predicted octanol–water partition coefficient (Wildman–Crippen LogP) is 2.55. The maximum Gasteiger partial charge on any atom is 0.316 e. The van der Waals surface area contributed by atoms with Gasteiger partial charge in [-0.3, -0.25) is 9.59 Å². The number of esters is 1. The summed E-state index contributed by atoms with van der Waals surface area (Å²) in [6.45, 7) is 7.39. The smallest absolute Gasteiger partial charge is 0.316 e. The van der Waals surface area contributed by atoms with Crippen LogP contribution in [0.25, 0.3) is 0 Å². The van der Waals surface area contributed by atoms with E-state index >= 15 is 0 Å². The van der Waals surface area contributed by atoms with Gasteiger partial charge in [-0.25, -0.2) is 0 Å². The third-order valence-electron chi connectivity index (χ3n) is 2.32. The van der Waals surface area contributed by atoms with Crippen LogP contribution in [0.1, 0.15) is 26.3 Å². The highest BCUT2D eigenvalue weighted by atomic mass is 32.2. The van der Waals surface area contributed by atoms with Gasteiger partial charge in [-0.2, -0.15) is 0 Å². The number of benzene rings is 1. The third kappa shape index (κ3) is 6.61. The van der Waals surface area contributed by atoms with Gasteiger partial charge in [0.25, 0.3) is 5.91 Å². The molecule has 0 unspecified atom stereocenters. The number of aryl methyl sites for hydroxylation is 1. The van der Waals surface area contributed by atoms with E-state index in [1.807, 2.05) is 52.0 Å². The van der Waals surface area contributed by atoms with Crippen LogP contribution >= 0.6 is 11.8 Å². The molecule has 1 N–H and O–H groups in total. The van der Waals surface area contributed by atoms with Gasteiger partial charge < -0.3 is 10.1 Å². The molecule has 0 atom stereocenters. The zero-order valence-corrected chi connectivity index (χ0v) is 13.2. The summed E-state index contributed by atoms with van der Waals surface area (Å²) in [5, 5.41) is 2.73. The van der Waals surface area contributed by atoms with Crippen molar-refractivity contribution >= 4 is 23.6 Å². The molecule has 1 aromatic rings. The number of carbonyl (C=O) groups excluding carboxylic acids is 2. The monoisotopic (exact) mass is 295 g/mol. The summed E-state index contributed by atoms with van der Waals surface area (Å²) in [6, 6.07) is 7.83. The Balaban J connectivity index is 2.31. The molecule has 5 heteroatoms. The van der Waals surface area contributed by atoms with E-state index in [9.17, 15) is 9.59 Å². The van der Waals surface area contributed by atoms with Gasteiger partial charge in [-0.15, -0.1) is 11.8 Å². The van der Waals surface area contributed by atoms with E-state index in [0.717, 1.165) is 10.5 Å². The maximum absolute atomic E-state index is 11.6. The number of amides is 1. The normalized spacial score (nSPS) is 11.0. The lowest BCUT2D eigenvalue weighted by Gasteiger charge is -2.20. The summed E-state index contributed by atoms with van der Waals surface area (Å²) in [4.78, 5) is 24.1. The average Bonchev–Trinajstić information content (AvgIpc) is 2.33. The van der Waals surface area contributed by atoms with E-state index in [2.05, 4.69) is 5.32 Å². The van der Waals surface area contributed by atoms with Gasteiger partial charge >= 0.3 is 5.97 Å². The first-order valence-electron chi connectivity index (χ1n) is 6.43. The molecule has 1 amide bonds. The zero-order chi connectivity index (χ0) is 15.2. The van der Waals surface area contributed by atoms with Crippen LogP contribution in [0.2, 0.25) is 0 Å². The van der Waals surface area contributed by atoms with Gasteiger partial charge in [-0.05, 0) is 39.3 Å². The van der Waals surface area contributed by atoms with E-state index in [-0.39, 0.29) is 29.8 Å². The molecule has 0 saturated carbocycles. The van der Waals surface area contributed by atoms with E-state index in [1.54, 1.807) is 0 Å². The van der Waals surface area contributed by atoms with Gasteiger partial charge in [-0.1, -0.05) is 18.2 Å². The largest absolute Gasteiger partial charge is 0.455 e. The summed E-state index contributed by atoms with van der Waals surface area (Å²) in [5.41, 5.74) is 0.801. The Morgan fingerprint density at radius 1 is 1.25 bits per heavy atom. The molecule has 0 fully saturated rings. The fraction of sp³-hybridized carbons (Fsp3) is 0.467. The summed E-state index contributed by atoms with van der Waals surface area (Å²) in [5.74, 6) is -0.470. The predicted molar refractivity (Wildman–Crippen MR) is 80.8 cm³/mol. The molecule has 0 aromatic heterocycles. The summed E-state index contributed by atoms with van der Waals surface area (Å²) < 4.78 is 4.94. The van der Waals surface area contributed by atoms with Crippen molar-refractivity contribution in [2.24, 2.45) is 0 Å². The molecule has 0 aliphatic rings. The topological polar surface area (TPSA) is 55.4 Å². The molecule has 110 valence electrons. The van der Waals surface area contributed by atoms with Crippen LogP contribution in [0.4, 0.5) is 0 Å². The second kappa shape index (κ2) is 7.33. The number of nitrogens with one attached hydrogen (secondary N) is 1. The quantitative estimate of drug-likeness (QED) is 0.670. The molecular formula is C15H21NO3S. The van der Waals surface area contributed by atoms with Crippen molar-refractivity contribution in [1.29, 1.82) is 0 Å². The molecule has 0 radical (unpaired) electrons. The van der Waals surface area contributed by atoms with Gasteiger partial charge in [0.1, 0.15) is 0 Å². The van der Waals surface area contributed by atoms with Crippen molar-refractivity contribution in [1.82, 2.24) is 5.32 Å². The van der Waals surface area contributed by atoms with E-state index in [1.165, 1.54) is 11.8 Å². The lowest BCUT2D eigenvalue weighted by molar-refractivity contribution is -0.146. The molecule has 0 aliphatic carbocycles. The van der Waals surface area contributed by atoms with Crippen LogP contribution in [0.3, 0.4) is 0 Å². The van der Waals surface area contributed by atoms with Gasteiger partial charge in [0.15, 0.2) is 6.61 Å². The van der Waals surface area contributed by atoms with E-state index < -0.39 is 0 Å². The molecule has 20 heavy (non-hydrogen) atoms. The van der Waals surface area contributed by atoms with Crippen molar-refractivity contribution in [3.8, 4) is 0 Å². The third-order valence-corrected chi connectivity index (χ3v) is 3.47. The second-order valence-corrected chi connectivity index (χ2v) is 6.53. The standard InChI is InChI=1S/C15H21NO3S/c1-11-7-5-6-8-12(11)20-10-14(18)19-9-13(17)16-15(2,3)4/h5-8H,9-10H2,1-4H3,(H,16,17). The molecular weight excluding hydrogens is 274 g/mol. The molecule has 0 saturated heterocycles. The second-order valence-electron chi connectivity index (χ2n) is 5.51. The highest BCUT2D eigenvalue weighted by Gasteiger charge is 2.15. The molecule has 1 aromatic carbocycles. The van der Waals surface area contributed by atoms with Gasteiger partial charge in [0.2, 0.25) is 0 Å². The van der Waals surface area contributed by atoms with Crippen LogP contribution < -0.4 is 5.32 Å². The fourth-order valence-corrected chi connectivity index (χ4v) is 2.32. The van der Waals surface area contributed by atoms with Crippen LogP contribution in [0, 0.1) is 6.92 Å². The maximum atomic E-state index is 11.6. The number of thioether (sulfide) groups is 1. The number of hydrogen-bond donors (Lipinski definition) is 1. The van der Waals surface area contributed by atoms with E-state index in [4.69, 9.17) is 4.74 Å². The lowest BCUT2D eigenvalue weighted by atomic mass is 10.1. The first kappa shape index (κ1) is 16.6. The lowest BCUT2D eigenvalue weighted by Crippen LogP contribution is -2.42. The van der Waals surface area contributed by atoms with E-state index in [0.29, 0.717) is 0 Å². The van der Waals surface area contributed by atoms with Gasteiger partial charge in [0, 0.05) is 10.4 Å². The van der Waals surface area contributed by atoms with Crippen molar-refractivity contribution in [3.05, 3.63) is 29.8 Å². The Bertz CT molecular complexity index is 480. The van der Waals surface area contributed by atoms with Crippen LogP contribution in [-0.2, 0) is 14.3 Å². The Morgan fingerprint density at radius 3 is 2.50 bits per heavy atom. The minimum Gasteiger partial charge on any atom is -0.455 e. The van der Waals surface area contributed by atoms with Crippen molar-refractivity contribution < 1.29 is 14.3 Å². The minimum absolute atomic E-state index is 0.202. The molecule has 0 aliphatic heterocycles. The summed E-state index contributed by atoms with van der Waals surface area (Å²) in [7, 11) is 0. The summed E-state index contributed by atoms with van der Waals surface area (Å²) in [6.07, 6.45) is 0. The van der Waals surface area contributed by atoms with Crippen LogP contribution in [0.5, 0.6) is 0 Å². The SMILES string of the molecule is Cc1ccccc1SCC(=O)OCC(=O)NC(C)(C)C. The first-order valence-corrected chi connectivity index (χ1v) is 7.41.